The number of ether oxygens (including phenoxy) is 1. The molecule has 1 fully saturated rings. The third kappa shape index (κ3) is 3.93. The van der Waals surface area contributed by atoms with Gasteiger partial charge in [0.15, 0.2) is 0 Å². The molecule has 1 aliphatic heterocycles. The predicted octanol–water partition coefficient (Wildman–Crippen LogP) is 4.84. The Hall–Kier alpha value is -2.14. The summed E-state index contributed by atoms with van der Waals surface area (Å²) >= 11 is 6.25. The Morgan fingerprint density at radius 2 is 2.24 bits per heavy atom. The normalized spacial score (nSPS) is 16.9. The molecular formula is C19H24ClN3O2. The van der Waals surface area contributed by atoms with Crippen molar-refractivity contribution in [3.8, 4) is 5.75 Å². The summed E-state index contributed by atoms with van der Waals surface area (Å²) < 4.78 is 7.64. The number of nitrogens with one attached hydrogen (secondary N) is 1. The summed E-state index contributed by atoms with van der Waals surface area (Å²) in [4.78, 5) is 14.6. The Morgan fingerprint density at radius 1 is 1.40 bits per heavy atom. The van der Waals surface area contributed by atoms with Gasteiger partial charge in [0.05, 0.1) is 17.7 Å². The summed E-state index contributed by atoms with van der Waals surface area (Å²) in [5, 5.41) is 3.46. The molecule has 1 N–H and O–H groups in total. The second kappa shape index (κ2) is 7.83. The lowest BCUT2D eigenvalue weighted by Crippen LogP contribution is -2.35. The zero-order valence-corrected chi connectivity index (χ0v) is 15.4. The van der Waals surface area contributed by atoms with Gasteiger partial charge in [-0.25, -0.2) is 4.79 Å². The van der Waals surface area contributed by atoms with Gasteiger partial charge in [0, 0.05) is 31.2 Å². The fraction of sp³-hybridized carbons (Fsp3) is 0.421. The van der Waals surface area contributed by atoms with Crippen LogP contribution in [-0.4, -0.2) is 28.6 Å². The highest BCUT2D eigenvalue weighted by Gasteiger charge is 2.31. The van der Waals surface area contributed by atoms with Gasteiger partial charge in [0.25, 0.3) is 0 Å². The van der Waals surface area contributed by atoms with E-state index in [0.717, 1.165) is 31.5 Å². The van der Waals surface area contributed by atoms with E-state index in [0.29, 0.717) is 23.1 Å². The van der Waals surface area contributed by atoms with Gasteiger partial charge in [0.1, 0.15) is 5.75 Å². The molecule has 1 unspecified atom stereocenters. The Labute approximate surface area is 153 Å². The molecular weight excluding hydrogens is 338 g/mol. The summed E-state index contributed by atoms with van der Waals surface area (Å²) in [7, 11) is 2.01. The van der Waals surface area contributed by atoms with Gasteiger partial charge in [-0.2, -0.15) is 0 Å². The molecule has 25 heavy (non-hydrogen) atoms. The van der Waals surface area contributed by atoms with Crippen LogP contribution in [0, 0.1) is 0 Å². The summed E-state index contributed by atoms with van der Waals surface area (Å²) in [5.41, 5.74) is 1.84. The number of aryl methyl sites for hydroxylation is 1. The average Bonchev–Trinajstić information content (AvgIpc) is 3.22. The van der Waals surface area contributed by atoms with Crippen molar-refractivity contribution in [1.82, 2.24) is 9.47 Å². The quantitative estimate of drug-likeness (QED) is 0.828. The molecule has 1 aliphatic rings. The Morgan fingerprint density at radius 3 is 2.92 bits per heavy atom. The number of anilines is 1. The first-order chi connectivity index (χ1) is 12.1. The van der Waals surface area contributed by atoms with Gasteiger partial charge in [0.2, 0.25) is 0 Å². The molecule has 5 nitrogen and oxygen atoms in total. The molecule has 1 aromatic carbocycles. The highest BCUT2D eigenvalue weighted by molar-refractivity contribution is 6.32. The van der Waals surface area contributed by atoms with Crippen molar-refractivity contribution in [3.05, 3.63) is 47.2 Å². The van der Waals surface area contributed by atoms with E-state index < -0.39 is 0 Å². The maximum absolute atomic E-state index is 12.7. The van der Waals surface area contributed by atoms with Gasteiger partial charge < -0.3 is 19.5 Å². The zero-order chi connectivity index (χ0) is 17.8. The fourth-order valence-electron chi connectivity index (χ4n) is 3.24. The third-order valence-corrected chi connectivity index (χ3v) is 4.78. The molecule has 2 amide bonds. The van der Waals surface area contributed by atoms with Crippen LogP contribution in [-0.2, 0) is 7.05 Å². The Balaban J connectivity index is 1.69. The zero-order valence-electron chi connectivity index (χ0n) is 14.7. The van der Waals surface area contributed by atoms with Crippen molar-refractivity contribution in [3.63, 3.8) is 0 Å². The van der Waals surface area contributed by atoms with Crippen molar-refractivity contribution in [2.24, 2.45) is 7.05 Å². The highest BCUT2D eigenvalue weighted by Crippen LogP contribution is 2.33. The molecule has 1 atom stereocenters. The van der Waals surface area contributed by atoms with E-state index in [1.54, 1.807) is 12.1 Å². The Kier molecular flexibility index (Phi) is 5.53. The first-order valence-corrected chi connectivity index (χ1v) is 9.09. The minimum atomic E-state index is -0.0954. The molecule has 0 bridgehead atoms. The summed E-state index contributed by atoms with van der Waals surface area (Å²) in [6.45, 7) is 3.42. The molecule has 0 spiro atoms. The number of likely N-dealkylation sites (tertiary alicyclic amines) is 1. The molecule has 0 radical (unpaired) electrons. The monoisotopic (exact) mass is 361 g/mol. The topological polar surface area (TPSA) is 46.5 Å². The fourth-order valence-corrected chi connectivity index (χ4v) is 3.48. The van der Waals surface area contributed by atoms with E-state index in [4.69, 9.17) is 16.3 Å². The van der Waals surface area contributed by atoms with Crippen LogP contribution in [0.15, 0.2) is 36.5 Å². The number of carbonyl (C=O) groups is 1. The molecule has 0 aliphatic carbocycles. The van der Waals surface area contributed by atoms with Gasteiger partial charge in [-0.3, -0.25) is 0 Å². The number of halogens is 1. The van der Waals surface area contributed by atoms with E-state index in [2.05, 4.69) is 16.0 Å². The number of carbonyl (C=O) groups excluding carboxylic acids is 1. The van der Waals surface area contributed by atoms with Gasteiger partial charge in [-0.05, 0) is 49.6 Å². The molecule has 134 valence electrons. The maximum Gasteiger partial charge on any atom is 0.322 e. The number of rotatable bonds is 5. The molecule has 3 rings (SSSR count). The molecule has 6 heteroatoms. The van der Waals surface area contributed by atoms with E-state index in [1.165, 1.54) is 0 Å². The van der Waals surface area contributed by atoms with Crippen molar-refractivity contribution in [2.75, 3.05) is 18.5 Å². The number of nitrogens with zero attached hydrogens (tertiary/aromatic N) is 2. The highest BCUT2D eigenvalue weighted by atomic mass is 35.5. The van der Waals surface area contributed by atoms with E-state index in [1.807, 2.05) is 37.2 Å². The average molecular weight is 362 g/mol. The largest absolute Gasteiger partial charge is 0.492 e. The maximum atomic E-state index is 12.7. The van der Waals surface area contributed by atoms with Crippen LogP contribution < -0.4 is 10.1 Å². The van der Waals surface area contributed by atoms with E-state index in [-0.39, 0.29) is 12.1 Å². The van der Waals surface area contributed by atoms with Crippen molar-refractivity contribution >= 4 is 23.3 Å². The van der Waals surface area contributed by atoms with Crippen LogP contribution in [0.4, 0.5) is 10.5 Å². The first-order valence-electron chi connectivity index (χ1n) is 8.71. The van der Waals surface area contributed by atoms with Crippen LogP contribution in [0.3, 0.4) is 0 Å². The second-order valence-electron chi connectivity index (χ2n) is 6.32. The molecule has 2 aromatic rings. The van der Waals surface area contributed by atoms with Crippen molar-refractivity contribution in [2.45, 2.75) is 32.2 Å². The third-order valence-electron chi connectivity index (χ3n) is 4.48. The van der Waals surface area contributed by atoms with Crippen LogP contribution in [0.1, 0.15) is 37.9 Å². The van der Waals surface area contributed by atoms with Crippen LogP contribution in [0.5, 0.6) is 5.75 Å². The number of hydrogen-bond donors (Lipinski definition) is 1. The lowest BCUT2D eigenvalue weighted by atomic mass is 10.1. The molecule has 1 aromatic heterocycles. The van der Waals surface area contributed by atoms with Gasteiger partial charge in [-0.1, -0.05) is 18.5 Å². The first kappa shape index (κ1) is 17.7. The number of amides is 2. The lowest BCUT2D eigenvalue weighted by molar-refractivity contribution is 0.205. The number of urea groups is 1. The van der Waals surface area contributed by atoms with Gasteiger partial charge in [-0.15, -0.1) is 0 Å². The van der Waals surface area contributed by atoms with Crippen LogP contribution in [0.25, 0.3) is 0 Å². The van der Waals surface area contributed by atoms with E-state index in [9.17, 15) is 4.79 Å². The smallest absolute Gasteiger partial charge is 0.322 e. The van der Waals surface area contributed by atoms with Crippen molar-refractivity contribution < 1.29 is 9.53 Å². The number of aromatic nitrogens is 1. The number of benzene rings is 1. The molecule has 0 saturated carbocycles. The SMILES string of the molecule is CCCOc1ccc(NC(=O)N2CCCC2c2cccn2C)cc1Cl. The second-order valence-corrected chi connectivity index (χ2v) is 6.73. The minimum absolute atomic E-state index is 0.0954. The number of hydrogen-bond acceptors (Lipinski definition) is 2. The summed E-state index contributed by atoms with van der Waals surface area (Å²) in [5.74, 6) is 0.643. The minimum Gasteiger partial charge on any atom is -0.492 e. The molecule has 2 heterocycles. The lowest BCUT2D eigenvalue weighted by Gasteiger charge is -2.25. The summed E-state index contributed by atoms with van der Waals surface area (Å²) in [6.07, 6.45) is 4.92. The Bertz CT molecular complexity index is 744. The predicted molar refractivity (Wildman–Crippen MR) is 100 cm³/mol. The van der Waals surface area contributed by atoms with Crippen molar-refractivity contribution in [1.29, 1.82) is 0 Å². The van der Waals surface area contributed by atoms with Crippen LogP contribution >= 0.6 is 11.6 Å². The van der Waals surface area contributed by atoms with Gasteiger partial charge >= 0.3 is 6.03 Å². The standard InChI is InChI=1S/C19H24ClN3O2/c1-3-12-25-18-9-8-14(13-15(18)20)21-19(24)23-11-5-7-17(23)16-6-4-10-22(16)2/h4,6,8-10,13,17H,3,5,7,11-12H2,1-2H3,(H,21,24). The van der Waals surface area contributed by atoms with Crippen LogP contribution in [0.2, 0.25) is 5.02 Å². The van der Waals surface area contributed by atoms with E-state index >= 15 is 0 Å². The molecule has 1 saturated heterocycles. The summed E-state index contributed by atoms with van der Waals surface area (Å²) in [6, 6.07) is 9.46.